The Morgan fingerprint density at radius 2 is 1.86 bits per heavy atom. The molecule has 3 heteroatoms. The Balaban J connectivity index is 1.89. The molecule has 1 aromatic carbocycles. The molecule has 1 aliphatic rings. The van der Waals surface area contributed by atoms with Crippen LogP contribution in [0.25, 0.3) is 0 Å². The quantitative estimate of drug-likeness (QED) is 0.761. The van der Waals surface area contributed by atoms with E-state index < -0.39 is 0 Å². The van der Waals surface area contributed by atoms with E-state index in [-0.39, 0.29) is 0 Å². The summed E-state index contributed by atoms with van der Waals surface area (Å²) in [6.07, 6.45) is 6.94. The topological polar surface area (TPSA) is 15.3 Å². The van der Waals surface area contributed by atoms with Crippen molar-refractivity contribution >= 4 is 15.9 Å². The molecular formula is C18H29BrN2. The highest BCUT2D eigenvalue weighted by Crippen LogP contribution is 2.24. The van der Waals surface area contributed by atoms with Crippen LogP contribution in [0.15, 0.2) is 28.7 Å². The van der Waals surface area contributed by atoms with Gasteiger partial charge in [0, 0.05) is 23.6 Å². The summed E-state index contributed by atoms with van der Waals surface area (Å²) in [5, 5.41) is 3.72. The van der Waals surface area contributed by atoms with Crippen molar-refractivity contribution in [3.05, 3.63) is 34.3 Å². The first-order chi connectivity index (χ1) is 10.2. The molecule has 1 saturated carbocycles. The van der Waals surface area contributed by atoms with E-state index in [9.17, 15) is 0 Å². The molecule has 2 nitrogen and oxygen atoms in total. The Labute approximate surface area is 138 Å². The molecule has 1 N–H and O–H groups in total. The smallest absolute Gasteiger partial charge is 0.0230 e. The average molecular weight is 353 g/mol. The van der Waals surface area contributed by atoms with Crippen molar-refractivity contribution in [2.75, 3.05) is 20.1 Å². The first kappa shape index (κ1) is 17.0. The zero-order valence-electron chi connectivity index (χ0n) is 13.4. The maximum atomic E-state index is 3.72. The molecule has 1 aromatic rings. The van der Waals surface area contributed by atoms with Gasteiger partial charge in [-0.15, -0.1) is 0 Å². The molecule has 0 saturated heterocycles. The van der Waals surface area contributed by atoms with E-state index in [4.69, 9.17) is 0 Å². The predicted octanol–water partition coefficient (Wildman–Crippen LogP) is 4.44. The third-order valence-corrected chi connectivity index (χ3v) is 5.07. The predicted molar refractivity (Wildman–Crippen MR) is 94.5 cm³/mol. The normalized spacial score (nSPS) is 23.2. The minimum absolute atomic E-state index is 0.713. The van der Waals surface area contributed by atoms with Gasteiger partial charge in [0.25, 0.3) is 0 Å². The Bertz CT molecular complexity index is 404. The summed E-state index contributed by atoms with van der Waals surface area (Å²) in [6.45, 7) is 5.57. The molecule has 21 heavy (non-hydrogen) atoms. The zero-order valence-corrected chi connectivity index (χ0v) is 15.0. The van der Waals surface area contributed by atoms with Crippen molar-refractivity contribution in [3.63, 3.8) is 0 Å². The van der Waals surface area contributed by atoms with Crippen LogP contribution < -0.4 is 5.32 Å². The Morgan fingerprint density at radius 3 is 2.57 bits per heavy atom. The fraction of sp³-hybridized carbons (Fsp3) is 0.667. The monoisotopic (exact) mass is 352 g/mol. The second-order valence-electron chi connectivity index (χ2n) is 6.39. The van der Waals surface area contributed by atoms with Gasteiger partial charge in [0.1, 0.15) is 0 Å². The molecule has 1 fully saturated rings. The van der Waals surface area contributed by atoms with Crippen molar-refractivity contribution in [2.24, 2.45) is 5.92 Å². The Hall–Kier alpha value is -0.380. The minimum atomic E-state index is 0.713. The fourth-order valence-electron chi connectivity index (χ4n) is 3.50. The van der Waals surface area contributed by atoms with Crippen LogP contribution >= 0.6 is 15.9 Å². The van der Waals surface area contributed by atoms with E-state index in [2.05, 4.69) is 64.4 Å². The lowest BCUT2D eigenvalue weighted by molar-refractivity contribution is 0.220. The maximum absolute atomic E-state index is 3.72. The standard InChI is InChI=1S/C18H29BrN2/c1-3-20-18-8-6-4-5-7-16(18)14-21(2)13-15-9-11-17(19)12-10-15/h9-12,16,18,20H,3-8,13-14H2,1-2H3. The van der Waals surface area contributed by atoms with Crippen molar-refractivity contribution in [3.8, 4) is 0 Å². The first-order valence-corrected chi connectivity index (χ1v) is 9.14. The molecule has 2 rings (SSSR count). The van der Waals surface area contributed by atoms with Gasteiger partial charge in [-0.3, -0.25) is 0 Å². The number of nitrogens with one attached hydrogen (secondary N) is 1. The minimum Gasteiger partial charge on any atom is -0.314 e. The summed E-state index contributed by atoms with van der Waals surface area (Å²) in [5.41, 5.74) is 1.40. The van der Waals surface area contributed by atoms with Crippen molar-refractivity contribution in [2.45, 2.75) is 51.6 Å². The number of hydrogen-bond donors (Lipinski definition) is 1. The highest BCUT2D eigenvalue weighted by Gasteiger charge is 2.23. The summed E-state index contributed by atoms with van der Waals surface area (Å²) in [7, 11) is 2.26. The number of nitrogens with zero attached hydrogens (tertiary/aromatic N) is 1. The van der Waals surface area contributed by atoms with Crippen LogP contribution in [0.3, 0.4) is 0 Å². The van der Waals surface area contributed by atoms with Gasteiger partial charge in [-0.05, 0) is 50.0 Å². The number of rotatable bonds is 6. The molecule has 0 aliphatic heterocycles. The Kier molecular flexibility index (Phi) is 7.21. The largest absolute Gasteiger partial charge is 0.314 e. The van der Waals surface area contributed by atoms with E-state index in [0.717, 1.165) is 23.5 Å². The van der Waals surface area contributed by atoms with Gasteiger partial charge in [0.05, 0.1) is 0 Å². The van der Waals surface area contributed by atoms with Crippen LogP contribution in [0, 0.1) is 5.92 Å². The third kappa shape index (κ3) is 5.72. The molecule has 0 spiro atoms. The fourth-order valence-corrected chi connectivity index (χ4v) is 3.76. The maximum Gasteiger partial charge on any atom is 0.0230 e. The summed E-state index contributed by atoms with van der Waals surface area (Å²) >= 11 is 3.50. The van der Waals surface area contributed by atoms with Gasteiger partial charge in [-0.2, -0.15) is 0 Å². The van der Waals surface area contributed by atoms with Crippen LogP contribution in [0.5, 0.6) is 0 Å². The van der Waals surface area contributed by atoms with Gasteiger partial charge in [-0.25, -0.2) is 0 Å². The van der Waals surface area contributed by atoms with Crippen LogP contribution in [0.1, 0.15) is 44.6 Å². The third-order valence-electron chi connectivity index (χ3n) is 4.54. The summed E-state index contributed by atoms with van der Waals surface area (Å²) in [5.74, 6) is 0.799. The SMILES string of the molecule is CCNC1CCCCCC1CN(C)Cc1ccc(Br)cc1. The van der Waals surface area contributed by atoms with Crippen LogP contribution in [0.2, 0.25) is 0 Å². The second kappa shape index (κ2) is 8.92. The molecule has 0 bridgehead atoms. The lowest BCUT2D eigenvalue weighted by atomic mass is 9.94. The number of halogens is 1. The average Bonchev–Trinajstić information content (AvgIpc) is 2.68. The van der Waals surface area contributed by atoms with E-state index in [1.54, 1.807) is 0 Å². The van der Waals surface area contributed by atoms with Crippen LogP contribution in [-0.2, 0) is 6.54 Å². The van der Waals surface area contributed by atoms with E-state index in [1.807, 2.05) is 0 Å². The molecular weight excluding hydrogens is 324 g/mol. The lowest BCUT2D eigenvalue weighted by Gasteiger charge is -2.30. The van der Waals surface area contributed by atoms with Gasteiger partial charge in [0.15, 0.2) is 0 Å². The highest BCUT2D eigenvalue weighted by atomic mass is 79.9. The summed E-state index contributed by atoms with van der Waals surface area (Å²) in [6, 6.07) is 9.42. The number of benzene rings is 1. The highest BCUT2D eigenvalue weighted by molar-refractivity contribution is 9.10. The molecule has 0 aromatic heterocycles. The van der Waals surface area contributed by atoms with Gasteiger partial charge < -0.3 is 10.2 Å². The summed E-state index contributed by atoms with van der Waals surface area (Å²) < 4.78 is 1.16. The van der Waals surface area contributed by atoms with E-state index >= 15 is 0 Å². The summed E-state index contributed by atoms with van der Waals surface area (Å²) in [4.78, 5) is 2.49. The molecule has 118 valence electrons. The van der Waals surface area contributed by atoms with E-state index in [0.29, 0.717) is 6.04 Å². The van der Waals surface area contributed by atoms with Crippen LogP contribution in [0.4, 0.5) is 0 Å². The van der Waals surface area contributed by atoms with Crippen molar-refractivity contribution in [1.29, 1.82) is 0 Å². The molecule has 0 heterocycles. The molecule has 0 amide bonds. The molecule has 0 radical (unpaired) electrons. The first-order valence-electron chi connectivity index (χ1n) is 8.35. The van der Waals surface area contributed by atoms with Crippen LogP contribution in [-0.4, -0.2) is 31.1 Å². The zero-order chi connectivity index (χ0) is 15.1. The lowest BCUT2D eigenvalue weighted by Crippen LogP contribution is -2.40. The Morgan fingerprint density at radius 1 is 1.14 bits per heavy atom. The second-order valence-corrected chi connectivity index (χ2v) is 7.30. The van der Waals surface area contributed by atoms with Gasteiger partial charge in [-0.1, -0.05) is 54.2 Å². The molecule has 2 atom stereocenters. The molecule has 1 aliphatic carbocycles. The van der Waals surface area contributed by atoms with Crippen molar-refractivity contribution < 1.29 is 0 Å². The van der Waals surface area contributed by atoms with Gasteiger partial charge in [0.2, 0.25) is 0 Å². The molecule has 2 unspecified atom stereocenters. The van der Waals surface area contributed by atoms with Gasteiger partial charge >= 0.3 is 0 Å². The van der Waals surface area contributed by atoms with E-state index in [1.165, 1.54) is 44.2 Å². The number of hydrogen-bond acceptors (Lipinski definition) is 2. The van der Waals surface area contributed by atoms with Crippen molar-refractivity contribution in [1.82, 2.24) is 10.2 Å².